The summed E-state index contributed by atoms with van der Waals surface area (Å²) in [5.41, 5.74) is -0.279. The highest BCUT2D eigenvalue weighted by Crippen LogP contribution is 2.38. The van der Waals surface area contributed by atoms with E-state index >= 15 is 0 Å². The van der Waals surface area contributed by atoms with Gasteiger partial charge in [-0.3, -0.25) is 0 Å². The summed E-state index contributed by atoms with van der Waals surface area (Å²) in [6, 6.07) is 9.28. The van der Waals surface area contributed by atoms with Gasteiger partial charge in [-0.2, -0.15) is 13.2 Å². The van der Waals surface area contributed by atoms with Crippen molar-refractivity contribution in [2.24, 2.45) is 0 Å². The van der Waals surface area contributed by atoms with Gasteiger partial charge in [-0.1, -0.05) is 32.0 Å². The van der Waals surface area contributed by atoms with Crippen molar-refractivity contribution >= 4 is 11.3 Å². The maximum atomic E-state index is 13.2. The van der Waals surface area contributed by atoms with Crippen LogP contribution in [-0.2, 0) is 12.6 Å². The Hall–Kier alpha value is -1.33. The van der Waals surface area contributed by atoms with Crippen LogP contribution in [0.4, 0.5) is 13.2 Å². The molecule has 0 aliphatic rings. The minimum Gasteiger partial charge on any atom is -0.306 e. The first kappa shape index (κ1) is 16.0. The number of rotatable bonds is 5. The first-order chi connectivity index (χ1) is 9.97. The molecule has 0 aliphatic heterocycles. The first-order valence-corrected chi connectivity index (χ1v) is 7.77. The number of alkyl halides is 3. The highest BCUT2D eigenvalue weighted by atomic mass is 32.1. The first-order valence-electron chi connectivity index (χ1n) is 6.95. The monoisotopic (exact) mass is 313 g/mol. The maximum absolute atomic E-state index is 13.2. The zero-order valence-corrected chi connectivity index (χ0v) is 12.8. The SMILES string of the molecule is CCNC(c1ccc(CC)s1)c1ccccc1C(F)(F)F. The quantitative estimate of drug-likeness (QED) is 0.816. The molecule has 1 N–H and O–H groups in total. The predicted octanol–water partition coefficient (Wildman–Crippen LogP) is 5.03. The Morgan fingerprint density at radius 1 is 1.10 bits per heavy atom. The van der Waals surface area contributed by atoms with Crippen molar-refractivity contribution in [3.63, 3.8) is 0 Å². The van der Waals surface area contributed by atoms with Crippen molar-refractivity contribution in [2.75, 3.05) is 6.54 Å². The van der Waals surface area contributed by atoms with Crippen LogP contribution >= 0.6 is 11.3 Å². The number of thiophene rings is 1. The zero-order valence-electron chi connectivity index (χ0n) is 12.0. The molecular formula is C16H18F3NS. The van der Waals surface area contributed by atoms with E-state index in [2.05, 4.69) is 5.32 Å². The van der Waals surface area contributed by atoms with E-state index in [-0.39, 0.29) is 5.56 Å². The van der Waals surface area contributed by atoms with Crippen LogP contribution in [0.1, 0.15) is 40.8 Å². The molecule has 1 aromatic carbocycles. The van der Waals surface area contributed by atoms with Crippen molar-refractivity contribution in [3.8, 4) is 0 Å². The van der Waals surface area contributed by atoms with Gasteiger partial charge in [0.15, 0.2) is 0 Å². The normalized spacial score (nSPS) is 13.4. The standard InChI is InChI=1S/C16H18F3NS/c1-3-11-9-10-14(21-11)15(20-4-2)12-7-5-6-8-13(12)16(17,18)19/h5-10,15,20H,3-4H2,1-2H3. The molecule has 1 aromatic heterocycles. The maximum Gasteiger partial charge on any atom is 0.416 e. The Morgan fingerprint density at radius 2 is 1.81 bits per heavy atom. The lowest BCUT2D eigenvalue weighted by Gasteiger charge is -2.21. The van der Waals surface area contributed by atoms with Gasteiger partial charge in [-0.05, 0) is 36.7 Å². The van der Waals surface area contributed by atoms with Crippen molar-refractivity contribution in [1.29, 1.82) is 0 Å². The van der Waals surface area contributed by atoms with Crippen LogP contribution < -0.4 is 5.32 Å². The van der Waals surface area contributed by atoms with Gasteiger partial charge in [-0.15, -0.1) is 11.3 Å². The lowest BCUT2D eigenvalue weighted by atomic mass is 9.98. The average molecular weight is 313 g/mol. The molecule has 0 aliphatic carbocycles. The fourth-order valence-corrected chi connectivity index (χ4v) is 3.36. The average Bonchev–Trinajstić information content (AvgIpc) is 2.92. The van der Waals surface area contributed by atoms with E-state index in [1.807, 2.05) is 26.0 Å². The van der Waals surface area contributed by atoms with Gasteiger partial charge in [0.2, 0.25) is 0 Å². The van der Waals surface area contributed by atoms with Gasteiger partial charge in [-0.25, -0.2) is 0 Å². The van der Waals surface area contributed by atoms with Crippen molar-refractivity contribution in [1.82, 2.24) is 5.32 Å². The van der Waals surface area contributed by atoms with E-state index in [4.69, 9.17) is 0 Å². The molecule has 2 rings (SSSR count). The van der Waals surface area contributed by atoms with E-state index in [0.29, 0.717) is 6.54 Å². The molecule has 0 fully saturated rings. The minimum absolute atomic E-state index is 0.288. The number of hydrogen-bond acceptors (Lipinski definition) is 2. The largest absolute Gasteiger partial charge is 0.416 e. The molecule has 0 spiro atoms. The third kappa shape index (κ3) is 3.66. The van der Waals surface area contributed by atoms with Gasteiger partial charge in [0, 0.05) is 9.75 Å². The van der Waals surface area contributed by atoms with E-state index in [0.717, 1.165) is 17.4 Å². The number of halogens is 3. The summed E-state index contributed by atoms with van der Waals surface area (Å²) < 4.78 is 39.6. The Bertz CT molecular complexity index is 589. The molecule has 0 radical (unpaired) electrons. The second-order valence-corrected chi connectivity index (χ2v) is 5.93. The summed E-state index contributed by atoms with van der Waals surface area (Å²) in [4.78, 5) is 2.10. The van der Waals surface area contributed by atoms with Gasteiger partial charge >= 0.3 is 6.18 Å². The van der Waals surface area contributed by atoms with Crippen LogP contribution in [0.15, 0.2) is 36.4 Å². The van der Waals surface area contributed by atoms with E-state index in [9.17, 15) is 13.2 Å². The highest BCUT2D eigenvalue weighted by molar-refractivity contribution is 7.12. The molecule has 0 amide bonds. The van der Waals surface area contributed by atoms with Crippen LogP contribution in [0.3, 0.4) is 0 Å². The fourth-order valence-electron chi connectivity index (χ4n) is 2.31. The van der Waals surface area contributed by atoms with E-state index in [1.54, 1.807) is 23.5 Å². The second-order valence-electron chi connectivity index (χ2n) is 4.73. The summed E-state index contributed by atoms with van der Waals surface area (Å²) >= 11 is 1.57. The molecule has 0 saturated heterocycles. The number of benzene rings is 1. The lowest BCUT2D eigenvalue weighted by Crippen LogP contribution is -2.24. The van der Waals surface area contributed by atoms with Crippen LogP contribution in [0.2, 0.25) is 0 Å². The molecule has 1 nitrogen and oxygen atoms in total. The van der Waals surface area contributed by atoms with Gasteiger partial charge in [0.25, 0.3) is 0 Å². The number of aryl methyl sites for hydroxylation is 1. The van der Waals surface area contributed by atoms with Crippen molar-refractivity contribution in [3.05, 3.63) is 57.3 Å². The van der Waals surface area contributed by atoms with Gasteiger partial charge < -0.3 is 5.32 Å². The molecule has 1 atom stereocenters. The van der Waals surface area contributed by atoms with Gasteiger partial charge in [0.1, 0.15) is 0 Å². The molecular weight excluding hydrogens is 295 g/mol. The zero-order chi connectivity index (χ0) is 15.5. The Morgan fingerprint density at radius 3 is 2.38 bits per heavy atom. The summed E-state index contributed by atoms with van der Waals surface area (Å²) in [7, 11) is 0. The van der Waals surface area contributed by atoms with Crippen molar-refractivity contribution < 1.29 is 13.2 Å². The molecule has 5 heteroatoms. The lowest BCUT2D eigenvalue weighted by molar-refractivity contribution is -0.138. The minimum atomic E-state index is -4.34. The summed E-state index contributed by atoms with van der Waals surface area (Å²) in [6.07, 6.45) is -3.44. The molecule has 2 aromatic rings. The molecule has 0 saturated carbocycles. The van der Waals surface area contributed by atoms with Gasteiger partial charge in [0.05, 0.1) is 11.6 Å². The second kappa shape index (κ2) is 6.62. The topological polar surface area (TPSA) is 12.0 Å². The van der Waals surface area contributed by atoms with Crippen molar-refractivity contribution in [2.45, 2.75) is 32.5 Å². The molecule has 1 heterocycles. The van der Waals surface area contributed by atoms with Crippen LogP contribution in [-0.4, -0.2) is 6.54 Å². The highest BCUT2D eigenvalue weighted by Gasteiger charge is 2.35. The number of nitrogens with one attached hydrogen (secondary N) is 1. The molecule has 21 heavy (non-hydrogen) atoms. The summed E-state index contributed by atoms with van der Waals surface area (Å²) in [5.74, 6) is 0. The van der Waals surface area contributed by atoms with Crippen LogP contribution in [0.25, 0.3) is 0 Å². The summed E-state index contributed by atoms with van der Waals surface area (Å²) in [6.45, 7) is 4.55. The van der Waals surface area contributed by atoms with E-state index in [1.165, 1.54) is 10.9 Å². The molecule has 114 valence electrons. The predicted molar refractivity (Wildman–Crippen MR) is 80.7 cm³/mol. The third-order valence-electron chi connectivity index (χ3n) is 3.30. The smallest absolute Gasteiger partial charge is 0.306 e. The third-order valence-corrected chi connectivity index (χ3v) is 4.60. The molecule has 0 bridgehead atoms. The Balaban J connectivity index is 2.48. The summed E-state index contributed by atoms with van der Waals surface area (Å²) in [5, 5.41) is 3.18. The van der Waals surface area contributed by atoms with Crippen LogP contribution in [0, 0.1) is 0 Å². The number of hydrogen-bond donors (Lipinski definition) is 1. The Labute approximate surface area is 126 Å². The fraction of sp³-hybridized carbons (Fsp3) is 0.375. The van der Waals surface area contributed by atoms with E-state index < -0.39 is 17.8 Å². The van der Waals surface area contributed by atoms with Crippen LogP contribution in [0.5, 0.6) is 0 Å². The Kier molecular flexibility index (Phi) is 5.06. The molecule has 1 unspecified atom stereocenters.